The molecule has 1 fully saturated rings. The van der Waals surface area contributed by atoms with Crippen molar-refractivity contribution in [1.82, 2.24) is 25.1 Å². The van der Waals surface area contributed by atoms with Crippen LogP contribution in [0.25, 0.3) is 0 Å². The minimum Gasteiger partial charge on any atom is -0.382 e. The molecule has 26 heavy (non-hydrogen) atoms. The Balaban J connectivity index is 1.56. The van der Waals surface area contributed by atoms with Crippen molar-refractivity contribution >= 4 is 17.4 Å². The lowest BCUT2D eigenvalue weighted by atomic mass is 9.88. The van der Waals surface area contributed by atoms with Crippen molar-refractivity contribution in [2.45, 2.75) is 6.04 Å². The van der Waals surface area contributed by atoms with Crippen LogP contribution in [0.15, 0.2) is 55.1 Å². The Kier molecular flexibility index (Phi) is 4.32. The van der Waals surface area contributed by atoms with Crippen LogP contribution in [0.4, 0.5) is 11.5 Å². The van der Waals surface area contributed by atoms with E-state index in [1.54, 1.807) is 6.20 Å². The average molecular weight is 349 g/mol. The number of nitrogen functional groups attached to an aromatic ring is 1. The van der Waals surface area contributed by atoms with E-state index in [0.29, 0.717) is 11.6 Å². The van der Waals surface area contributed by atoms with Crippen molar-refractivity contribution in [3.8, 4) is 0 Å². The van der Waals surface area contributed by atoms with E-state index < -0.39 is 5.91 Å². The number of anilines is 2. The lowest BCUT2D eigenvalue weighted by Crippen LogP contribution is -2.47. The first kappa shape index (κ1) is 16.2. The predicted molar refractivity (Wildman–Crippen MR) is 97.6 cm³/mol. The maximum atomic E-state index is 12.3. The summed E-state index contributed by atoms with van der Waals surface area (Å²) in [4.78, 5) is 20.2. The first-order valence-corrected chi connectivity index (χ1v) is 8.40. The molecule has 1 aromatic carbocycles. The number of amides is 1. The van der Waals surface area contributed by atoms with Crippen molar-refractivity contribution in [2.24, 2.45) is 5.92 Å². The topological polar surface area (TPSA) is 111 Å². The summed E-state index contributed by atoms with van der Waals surface area (Å²) in [6, 6.07) is 10.4. The molecule has 1 unspecified atom stereocenters. The van der Waals surface area contributed by atoms with E-state index in [-0.39, 0.29) is 17.6 Å². The third-order valence-electron chi connectivity index (χ3n) is 4.49. The molecular formula is C18H19N7O. The highest BCUT2D eigenvalue weighted by atomic mass is 16.1. The van der Waals surface area contributed by atoms with E-state index in [1.807, 2.05) is 29.1 Å². The highest BCUT2D eigenvalue weighted by molar-refractivity contribution is 6.05. The van der Waals surface area contributed by atoms with Crippen molar-refractivity contribution in [3.63, 3.8) is 0 Å². The summed E-state index contributed by atoms with van der Waals surface area (Å²) >= 11 is 0. The first-order chi connectivity index (χ1) is 12.7. The van der Waals surface area contributed by atoms with E-state index in [2.05, 4.69) is 37.8 Å². The lowest BCUT2D eigenvalue weighted by molar-refractivity contribution is 0.102. The highest BCUT2D eigenvalue weighted by Gasteiger charge is 2.30. The molecule has 0 aliphatic carbocycles. The predicted octanol–water partition coefficient (Wildman–Crippen LogP) is 1.32. The quantitative estimate of drug-likeness (QED) is 0.641. The Morgan fingerprint density at radius 1 is 1.23 bits per heavy atom. The van der Waals surface area contributed by atoms with Crippen LogP contribution < -0.4 is 16.4 Å². The molecule has 4 N–H and O–H groups in total. The zero-order valence-corrected chi connectivity index (χ0v) is 14.0. The minimum absolute atomic E-state index is 0.0973. The number of nitrogens with zero attached hydrogens (tertiary/aromatic N) is 4. The third-order valence-corrected chi connectivity index (χ3v) is 4.49. The van der Waals surface area contributed by atoms with E-state index in [4.69, 9.17) is 5.73 Å². The van der Waals surface area contributed by atoms with Gasteiger partial charge in [-0.2, -0.15) is 5.10 Å². The fourth-order valence-electron chi connectivity index (χ4n) is 3.09. The van der Waals surface area contributed by atoms with Gasteiger partial charge < -0.3 is 16.4 Å². The molecule has 8 heteroatoms. The van der Waals surface area contributed by atoms with Crippen LogP contribution in [0.1, 0.15) is 22.1 Å². The van der Waals surface area contributed by atoms with Gasteiger partial charge in [-0.05, 0) is 5.56 Å². The number of nitrogens with two attached hydrogens (primary N) is 1. The molecule has 1 aliphatic heterocycles. The second-order valence-electron chi connectivity index (χ2n) is 6.23. The van der Waals surface area contributed by atoms with Crippen LogP contribution in [-0.2, 0) is 0 Å². The molecule has 1 aliphatic rings. The molecular weight excluding hydrogens is 330 g/mol. The Hall–Kier alpha value is -3.26. The monoisotopic (exact) mass is 349 g/mol. The number of benzene rings is 1. The fraction of sp³-hybridized carbons (Fsp3) is 0.222. The SMILES string of the molecule is Nc1nccnc1C(=O)Nc1cnn(C(c2ccccc2)C2CNC2)c1. The van der Waals surface area contributed by atoms with Gasteiger partial charge in [-0.25, -0.2) is 9.97 Å². The maximum Gasteiger partial charge on any atom is 0.278 e. The standard InChI is InChI=1S/C18H19N7O/c19-17-15(21-6-7-22-17)18(26)24-14-10-23-25(11-14)16(13-8-20-9-13)12-4-2-1-3-5-12/h1-7,10-11,13,16,20H,8-9H2,(H2,19,22)(H,24,26). The lowest BCUT2D eigenvalue weighted by Gasteiger charge is -2.35. The fourth-order valence-corrected chi connectivity index (χ4v) is 3.09. The van der Waals surface area contributed by atoms with Crippen LogP contribution in [0, 0.1) is 5.92 Å². The van der Waals surface area contributed by atoms with Crippen molar-refractivity contribution in [2.75, 3.05) is 24.1 Å². The third kappa shape index (κ3) is 3.14. The van der Waals surface area contributed by atoms with Gasteiger partial charge in [0, 0.05) is 37.6 Å². The van der Waals surface area contributed by atoms with Crippen LogP contribution >= 0.6 is 0 Å². The minimum atomic E-state index is -0.406. The Morgan fingerprint density at radius 3 is 2.69 bits per heavy atom. The molecule has 1 amide bonds. The normalized spacial score (nSPS) is 15.2. The summed E-state index contributed by atoms with van der Waals surface area (Å²) < 4.78 is 1.90. The smallest absolute Gasteiger partial charge is 0.278 e. The maximum absolute atomic E-state index is 12.3. The largest absolute Gasteiger partial charge is 0.382 e. The van der Waals surface area contributed by atoms with Crippen LogP contribution in [0.2, 0.25) is 0 Å². The molecule has 8 nitrogen and oxygen atoms in total. The van der Waals surface area contributed by atoms with E-state index in [9.17, 15) is 4.79 Å². The number of aromatic nitrogens is 4. The molecule has 0 spiro atoms. The van der Waals surface area contributed by atoms with E-state index >= 15 is 0 Å². The van der Waals surface area contributed by atoms with Gasteiger partial charge in [0.2, 0.25) is 0 Å². The van der Waals surface area contributed by atoms with Gasteiger partial charge in [0.25, 0.3) is 5.91 Å². The number of carbonyl (C=O) groups is 1. The van der Waals surface area contributed by atoms with Gasteiger partial charge in [-0.15, -0.1) is 0 Å². The second-order valence-corrected chi connectivity index (χ2v) is 6.23. The molecule has 1 saturated heterocycles. The summed E-state index contributed by atoms with van der Waals surface area (Å²) in [5, 5.41) is 10.6. The van der Waals surface area contributed by atoms with Crippen LogP contribution in [0.5, 0.6) is 0 Å². The summed E-state index contributed by atoms with van der Waals surface area (Å²) in [6.45, 7) is 1.88. The number of nitrogens with one attached hydrogen (secondary N) is 2. The van der Waals surface area contributed by atoms with Gasteiger partial charge in [0.1, 0.15) is 0 Å². The van der Waals surface area contributed by atoms with Gasteiger partial charge >= 0.3 is 0 Å². The Bertz CT molecular complexity index is 905. The molecule has 0 radical (unpaired) electrons. The Labute approximate surface area is 150 Å². The molecule has 132 valence electrons. The van der Waals surface area contributed by atoms with Gasteiger partial charge in [-0.1, -0.05) is 30.3 Å². The molecule has 0 saturated carbocycles. The van der Waals surface area contributed by atoms with Crippen LogP contribution in [0.3, 0.4) is 0 Å². The molecule has 0 bridgehead atoms. The van der Waals surface area contributed by atoms with Gasteiger partial charge in [-0.3, -0.25) is 9.48 Å². The first-order valence-electron chi connectivity index (χ1n) is 8.40. The number of carbonyl (C=O) groups excluding carboxylic acids is 1. The number of rotatable bonds is 5. The van der Waals surface area contributed by atoms with Crippen molar-refractivity contribution in [3.05, 3.63) is 66.4 Å². The molecule has 1 atom stereocenters. The summed E-state index contributed by atoms with van der Waals surface area (Å²) in [7, 11) is 0. The van der Waals surface area contributed by atoms with Gasteiger partial charge in [0.15, 0.2) is 11.5 Å². The van der Waals surface area contributed by atoms with Crippen molar-refractivity contribution < 1.29 is 4.79 Å². The average Bonchev–Trinajstić information content (AvgIpc) is 3.07. The van der Waals surface area contributed by atoms with E-state index in [1.165, 1.54) is 18.0 Å². The zero-order valence-electron chi connectivity index (χ0n) is 14.0. The molecule has 4 rings (SSSR count). The molecule has 3 heterocycles. The second kappa shape index (κ2) is 6.93. The number of hydrogen-bond acceptors (Lipinski definition) is 6. The summed E-state index contributed by atoms with van der Waals surface area (Å²) in [6.07, 6.45) is 6.35. The molecule has 2 aromatic heterocycles. The van der Waals surface area contributed by atoms with Crippen LogP contribution in [-0.4, -0.2) is 38.7 Å². The van der Waals surface area contributed by atoms with Crippen molar-refractivity contribution in [1.29, 1.82) is 0 Å². The number of hydrogen-bond donors (Lipinski definition) is 3. The van der Waals surface area contributed by atoms with Gasteiger partial charge in [0.05, 0.1) is 17.9 Å². The highest BCUT2D eigenvalue weighted by Crippen LogP contribution is 2.29. The Morgan fingerprint density at radius 2 is 2.00 bits per heavy atom. The summed E-state index contributed by atoms with van der Waals surface area (Å²) in [5.41, 5.74) is 7.59. The summed E-state index contributed by atoms with van der Waals surface area (Å²) in [5.74, 6) is 0.147. The molecule has 3 aromatic rings. The van der Waals surface area contributed by atoms with E-state index in [0.717, 1.165) is 13.1 Å². The zero-order chi connectivity index (χ0) is 17.9.